The predicted molar refractivity (Wildman–Crippen MR) is 470 cm³/mol. The van der Waals surface area contributed by atoms with E-state index in [1.165, 1.54) is 40.0 Å². The number of benzene rings is 2. The summed E-state index contributed by atoms with van der Waals surface area (Å²) in [6, 6.07) is 17.0. The Balaban J connectivity index is 0.678. The molecule has 0 spiro atoms. The van der Waals surface area contributed by atoms with Crippen LogP contribution in [0.5, 0.6) is 0 Å². The number of cyclic esters (lactones) is 2. The van der Waals surface area contributed by atoms with E-state index in [1.807, 2.05) is 60.7 Å². The van der Waals surface area contributed by atoms with Gasteiger partial charge in [0.1, 0.15) is 50.6 Å². The highest BCUT2D eigenvalue weighted by Gasteiger charge is 2.53. The van der Waals surface area contributed by atoms with Crippen molar-refractivity contribution in [3.63, 3.8) is 0 Å². The van der Waals surface area contributed by atoms with E-state index >= 15 is 0 Å². The molecule has 11 N–H and O–H groups in total. The van der Waals surface area contributed by atoms with Crippen LogP contribution in [0.1, 0.15) is 112 Å². The number of rotatable bonds is 42. The maximum atomic E-state index is 14.5. The molecule has 0 radical (unpaired) electrons. The number of carbonyl (C=O) groups excluding carboxylic acids is 11. The van der Waals surface area contributed by atoms with Gasteiger partial charge in [0.05, 0.1) is 84.2 Å². The number of carboxylic acids is 3. The Bertz CT molecular complexity index is 5300. The number of nitrogens with zero attached hydrogens (tertiary/aromatic N) is 8. The fraction of sp³-hybridized carbons (Fsp3) is 0.500. The van der Waals surface area contributed by atoms with Gasteiger partial charge in [-0.15, -0.1) is 0 Å². The minimum absolute atomic E-state index is 0.00883. The number of esters is 2. The number of nitrogens with one attached hydrogen (secondary N) is 6. The van der Waals surface area contributed by atoms with E-state index in [0.717, 1.165) is 43.5 Å². The molecule has 128 heavy (non-hydrogen) atoms. The van der Waals surface area contributed by atoms with Crippen LogP contribution in [-0.2, 0) is 123 Å². The molecule has 2 aromatic carbocycles. The maximum absolute atomic E-state index is 14.5. The minimum atomic E-state index is -2.06. The van der Waals surface area contributed by atoms with Crippen LogP contribution < -0.4 is 48.8 Å². The summed E-state index contributed by atoms with van der Waals surface area (Å²) in [4.78, 5) is 228. The number of amides is 7. The number of aromatic nitrogens is 4. The summed E-state index contributed by atoms with van der Waals surface area (Å²) in [5.74, 6) is -9.77. The first kappa shape index (κ1) is 97.2. The second-order valence-corrected chi connectivity index (χ2v) is 36.3. The number of fused-ring (bicyclic) bond motifs is 10. The number of aliphatic carboxylic acids is 3. The average Bonchev–Trinajstić information content (AvgIpc) is 1.53. The number of primary amides is 1. The summed E-state index contributed by atoms with van der Waals surface area (Å²) in [7, 11) is 4.57. The molecule has 688 valence electrons. The van der Waals surface area contributed by atoms with E-state index in [0.29, 0.717) is 33.8 Å². The van der Waals surface area contributed by atoms with Gasteiger partial charge in [0.25, 0.3) is 11.1 Å². The first-order chi connectivity index (χ1) is 61.4. The van der Waals surface area contributed by atoms with Gasteiger partial charge in [0.15, 0.2) is 0 Å². The van der Waals surface area contributed by atoms with Crippen molar-refractivity contribution >= 4 is 148 Å². The molecule has 4 aromatic heterocycles. The van der Waals surface area contributed by atoms with Gasteiger partial charge in [-0.25, -0.2) is 29.1 Å². The Labute approximate surface area is 749 Å². The molecule has 6 aromatic rings. The third-order valence-corrected chi connectivity index (χ3v) is 27.0. The highest BCUT2D eigenvalue weighted by molar-refractivity contribution is 8.77. The summed E-state index contributed by atoms with van der Waals surface area (Å²) in [5.41, 5.74) is 6.46. The van der Waals surface area contributed by atoms with E-state index in [-0.39, 0.29) is 228 Å². The zero-order valence-electron chi connectivity index (χ0n) is 71.0. The van der Waals surface area contributed by atoms with Crippen molar-refractivity contribution in [3.05, 3.63) is 127 Å². The molecular weight excluding hydrogens is 1750 g/mol. The van der Waals surface area contributed by atoms with E-state index in [1.54, 1.807) is 50.1 Å². The van der Waals surface area contributed by atoms with Crippen LogP contribution in [0, 0.1) is 0 Å². The highest BCUT2D eigenvalue weighted by atomic mass is 33.1. The van der Waals surface area contributed by atoms with Crippen molar-refractivity contribution in [1.82, 2.24) is 70.6 Å². The monoisotopic (exact) mass is 1850 g/mol. The van der Waals surface area contributed by atoms with Gasteiger partial charge in [-0.3, -0.25) is 77.1 Å². The number of carbonyl (C=O) groups is 14. The fourth-order valence-electron chi connectivity index (χ4n) is 15.7. The van der Waals surface area contributed by atoms with E-state index in [9.17, 15) is 92.0 Å². The van der Waals surface area contributed by atoms with E-state index < -0.39 is 130 Å². The lowest BCUT2D eigenvalue weighted by Gasteiger charge is -2.35. The molecule has 44 heteroatoms. The van der Waals surface area contributed by atoms with Crippen molar-refractivity contribution in [2.75, 3.05) is 128 Å². The first-order valence-corrected chi connectivity index (χ1v) is 46.8. The summed E-state index contributed by atoms with van der Waals surface area (Å²) >= 11 is 0. The first-order valence-electron chi connectivity index (χ1n) is 41.8. The minimum Gasteiger partial charge on any atom is -0.480 e. The number of nitrogens with two attached hydrogens (primary N) is 1. The van der Waals surface area contributed by atoms with Crippen molar-refractivity contribution in [3.8, 4) is 22.8 Å². The third kappa shape index (κ3) is 25.1. The normalized spacial score (nSPS) is 17.8. The molecule has 0 saturated carbocycles. The van der Waals surface area contributed by atoms with Gasteiger partial charge in [-0.2, -0.15) is 0 Å². The molecule has 5 aliphatic rings. The Hall–Kier alpha value is -11.4. The Kier molecular flexibility index (Phi) is 34.6. The van der Waals surface area contributed by atoms with Crippen LogP contribution in [-0.4, -0.2) is 290 Å². The summed E-state index contributed by atoms with van der Waals surface area (Å²) in [6.45, 7) is 5.17. The molecule has 0 bridgehead atoms. The summed E-state index contributed by atoms with van der Waals surface area (Å²) < 4.78 is 36.5. The maximum Gasteiger partial charge on any atom is 0.509 e. The lowest BCUT2D eigenvalue weighted by Crippen LogP contribution is -2.56. The van der Waals surface area contributed by atoms with Crippen molar-refractivity contribution in [2.45, 2.75) is 141 Å². The standard InChI is InChI=1S/C84H103N15O25S4/c1-5-83(57-37-65-71-53(35-51-15-7-9-17-59(51)90-71)39-98(65)77(113)55(57)45-121-79(83)115)123-81(117)119-31-33-125-127-47-63(88-49(3)100)74(110)87-22-14-12-20-62(75(111)92-61(73(85)109)19-11-13-21-86-67(102)41-94-23-25-95(42-68(103)104)27-29-97(44-70(107)108)30-28-96(26-24-94)43-69(105)106)93-76(112)64(89-50(4)101)48-128-126-34-32-120-82(118)124-84(6-2)58-38-66-72-54(36-52-16-8-10-18-60(52)91-72)40-99(66)78(114)56(58)46-122-80(84)116/h7-10,15-18,35-38,61-64H,5-6,11-14,19-34,39-48H2,1-4H3,(H2,85,109)(H,86,102)(H,87,110)(H,88,100)(H,89,101)(H,92,111)(H,93,112)(H,103,104)(H,105,106)(H,107,108)/t61-,62+,63?,64-,83+,84-/m1/s1. The van der Waals surface area contributed by atoms with Gasteiger partial charge >= 0.3 is 42.2 Å². The van der Waals surface area contributed by atoms with E-state index in [2.05, 4.69) is 31.9 Å². The summed E-state index contributed by atoms with van der Waals surface area (Å²) in [5, 5.41) is 46.8. The molecule has 9 heterocycles. The topological polar surface area (TPSA) is 536 Å². The number of unbranched alkanes of at least 4 members (excludes halogenated alkanes) is 2. The molecule has 11 rings (SSSR count). The second kappa shape index (κ2) is 45.5. The molecule has 7 amide bonds. The second-order valence-electron chi connectivity index (χ2n) is 31.1. The molecule has 40 nitrogen and oxygen atoms in total. The van der Waals surface area contributed by atoms with Crippen molar-refractivity contribution in [1.29, 1.82) is 0 Å². The zero-order valence-corrected chi connectivity index (χ0v) is 74.2. The number of para-hydroxylation sites is 2. The number of carboxylic acid groups (broad SMARTS) is 3. The van der Waals surface area contributed by atoms with Crippen LogP contribution in [0.4, 0.5) is 9.59 Å². The third-order valence-electron chi connectivity index (χ3n) is 22.2. The lowest BCUT2D eigenvalue weighted by atomic mass is 9.85. The quantitative estimate of drug-likeness (QED) is 0.0114. The molecule has 1 saturated heterocycles. The molecule has 5 aliphatic heterocycles. The van der Waals surface area contributed by atoms with Gasteiger partial charge in [-0.1, -0.05) is 93.4 Å². The smallest absolute Gasteiger partial charge is 0.480 e. The predicted octanol–water partition coefficient (Wildman–Crippen LogP) is 2.77. The number of hydrogen-bond acceptors (Lipinski definition) is 32. The number of ether oxygens (including phenoxy) is 6. The number of pyridine rings is 4. The highest BCUT2D eigenvalue weighted by Crippen LogP contribution is 2.44. The average molecular weight is 1850 g/mol. The van der Waals surface area contributed by atoms with Gasteiger partial charge in [-0.05, 0) is 87.8 Å². The largest absolute Gasteiger partial charge is 0.509 e. The fourth-order valence-corrected chi connectivity index (χ4v) is 19.7. The SMILES string of the molecule is CC[C@]1(OC(=O)OCCSSC[C@@H](NC(C)=O)C(=O)N[C@@H](CCCCNC(=O)C(CSSCCOC(=O)O[C@]2(CC)C(=O)OCc3c2cc2n(c3=O)Cc3cc4ccccc4nc3-2)NC(C)=O)C(=O)N[C@H](CCCCNC(=O)CN2CCN(CC(=O)O)CCN(CC(=O)O)CCN(CC(=O)O)CC2)C(N)=O)C(=O)OCc2c1cc1n(c2=O)Cc2cc3ccccc3nc2-1. The van der Waals surface area contributed by atoms with Crippen molar-refractivity contribution in [2.24, 2.45) is 5.73 Å². The molecule has 1 unspecified atom stereocenters. The van der Waals surface area contributed by atoms with Gasteiger partial charge in [0.2, 0.25) is 52.6 Å². The van der Waals surface area contributed by atoms with Gasteiger partial charge in [0, 0.05) is 135 Å². The molecule has 0 aliphatic carbocycles. The Morgan fingerprint density at radius 3 is 1.30 bits per heavy atom. The molecule has 6 atom stereocenters. The van der Waals surface area contributed by atoms with Crippen LogP contribution >= 0.6 is 43.2 Å². The zero-order chi connectivity index (χ0) is 91.9. The van der Waals surface area contributed by atoms with Gasteiger partial charge < -0.3 is 90.5 Å². The Morgan fingerprint density at radius 2 is 0.883 bits per heavy atom. The van der Waals surface area contributed by atoms with Crippen molar-refractivity contribution < 1.29 is 111 Å². The van der Waals surface area contributed by atoms with Crippen LogP contribution in [0.3, 0.4) is 0 Å². The lowest BCUT2D eigenvalue weighted by molar-refractivity contribution is -0.175. The van der Waals surface area contributed by atoms with Crippen LogP contribution in [0.25, 0.3) is 44.6 Å². The van der Waals surface area contributed by atoms with Crippen LogP contribution in [0.2, 0.25) is 0 Å². The molecular formula is C84H103N15O25S4. The summed E-state index contributed by atoms with van der Waals surface area (Å²) in [6.07, 6.45) is -2.05. The molecule has 1 fully saturated rings. The number of hydrogen-bond donors (Lipinski definition) is 10. The Morgan fingerprint density at radius 1 is 0.492 bits per heavy atom. The van der Waals surface area contributed by atoms with Crippen LogP contribution in [0.15, 0.2) is 82.4 Å². The van der Waals surface area contributed by atoms with E-state index in [4.69, 9.17) is 44.1 Å².